The first-order valence-electron chi connectivity index (χ1n) is 35.6. The van der Waals surface area contributed by atoms with Crippen molar-refractivity contribution in [2.45, 2.75) is 393 Å². The van der Waals surface area contributed by atoms with Crippen molar-refractivity contribution >= 4 is 17.9 Å². The maximum Gasteiger partial charge on any atom is 0.306 e. The molecule has 0 radical (unpaired) electrons. The first kappa shape index (κ1) is 77.4. The molecular weight excluding hydrogens is 985 g/mol. The van der Waals surface area contributed by atoms with E-state index in [9.17, 15) is 14.4 Å². The summed E-state index contributed by atoms with van der Waals surface area (Å²) in [5.74, 6) is -0.874. The first-order valence-corrected chi connectivity index (χ1v) is 35.6. The summed E-state index contributed by atoms with van der Waals surface area (Å²) in [6.45, 7) is 6.66. The predicted molar refractivity (Wildman–Crippen MR) is 349 cm³/mol. The van der Waals surface area contributed by atoms with Crippen LogP contribution in [0.15, 0.2) is 48.6 Å². The average molecular weight is 1120 g/mol. The smallest absolute Gasteiger partial charge is 0.306 e. The number of hydrogen-bond acceptors (Lipinski definition) is 6. The number of carbonyl (C=O) groups is 3. The van der Waals surface area contributed by atoms with Crippen LogP contribution >= 0.6 is 0 Å². The molecule has 0 aromatic carbocycles. The van der Waals surface area contributed by atoms with E-state index in [0.29, 0.717) is 19.3 Å². The normalized spacial score (nSPS) is 12.3. The second-order valence-electron chi connectivity index (χ2n) is 24.1. The molecule has 6 nitrogen and oxygen atoms in total. The van der Waals surface area contributed by atoms with Crippen molar-refractivity contribution in [3.8, 4) is 0 Å². The Kier molecular flexibility index (Phi) is 66.6. The largest absolute Gasteiger partial charge is 0.462 e. The number of unbranched alkanes of at least 4 members (excludes halogenated alkanes) is 47. The standard InChI is InChI=1S/C74H136O6/c1-4-7-10-13-16-19-22-25-28-31-33-34-35-36-37-38-39-40-41-42-44-46-49-52-55-58-61-64-67-73(76)79-70-71(69-78-72(75)66-63-60-57-54-51-48-45-30-27-24-21-18-15-12-9-6-3)80-74(77)68-65-62-59-56-53-50-47-43-32-29-26-23-20-17-14-11-8-5-2/h20-21,23-24,29-30,32,45,71H,4-19,22,25-28,31,33-44,46-70H2,1-3H3/b23-20-,24-21-,32-29-,45-30-. The van der Waals surface area contributed by atoms with Gasteiger partial charge in [-0.15, -0.1) is 0 Å². The number of ether oxygens (including phenoxy) is 3. The molecule has 468 valence electrons. The summed E-state index contributed by atoms with van der Waals surface area (Å²) in [5, 5.41) is 0. The molecule has 0 rings (SSSR count). The van der Waals surface area contributed by atoms with Crippen LogP contribution in [0, 0.1) is 0 Å². The highest BCUT2D eigenvalue weighted by molar-refractivity contribution is 5.71. The van der Waals surface area contributed by atoms with Gasteiger partial charge in [-0.05, 0) is 83.5 Å². The Labute approximate surface area is 498 Å². The highest BCUT2D eigenvalue weighted by atomic mass is 16.6. The highest BCUT2D eigenvalue weighted by Gasteiger charge is 2.19. The van der Waals surface area contributed by atoms with Gasteiger partial charge < -0.3 is 14.2 Å². The van der Waals surface area contributed by atoms with E-state index < -0.39 is 6.10 Å². The molecule has 6 heteroatoms. The van der Waals surface area contributed by atoms with Crippen molar-refractivity contribution in [2.75, 3.05) is 13.2 Å². The van der Waals surface area contributed by atoms with Gasteiger partial charge in [0.15, 0.2) is 6.10 Å². The van der Waals surface area contributed by atoms with E-state index in [1.165, 1.54) is 257 Å². The van der Waals surface area contributed by atoms with Gasteiger partial charge in [-0.2, -0.15) is 0 Å². The van der Waals surface area contributed by atoms with Crippen LogP contribution < -0.4 is 0 Å². The number of carbonyl (C=O) groups excluding carboxylic acids is 3. The lowest BCUT2D eigenvalue weighted by Crippen LogP contribution is -2.30. The molecule has 0 bridgehead atoms. The van der Waals surface area contributed by atoms with Gasteiger partial charge in [-0.3, -0.25) is 14.4 Å². The van der Waals surface area contributed by atoms with Crippen molar-refractivity contribution in [2.24, 2.45) is 0 Å². The lowest BCUT2D eigenvalue weighted by Gasteiger charge is -2.18. The lowest BCUT2D eigenvalue weighted by atomic mass is 10.0. The third-order valence-electron chi connectivity index (χ3n) is 16.1. The molecule has 0 fully saturated rings. The topological polar surface area (TPSA) is 78.9 Å². The van der Waals surface area contributed by atoms with E-state index in [4.69, 9.17) is 14.2 Å². The molecule has 0 saturated heterocycles. The summed E-state index contributed by atoms with van der Waals surface area (Å²) in [4.78, 5) is 38.4. The van der Waals surface area contributed by atoms with Crippen molar-refractivity contribution in [1.82, 2.24) is 0 Å². The van der Waals surface area contributed by atoms with Crippen LogP contribution in [0.2, 0.25) is 0 Å². The molecular formula is C74H136O6. The van der Waals surface area contributed by atoms with Gasteiger partial charge in [0.05, 0.1) is 0 Å². The molecule has 0 aliphatic heterocycles. The van der Waals surface area contributed by atoms with Gasteiger partial charge in [-0.1, -0.05) is 333 Å². The fourth-order valence-electron chi connectivity index (χ4n) is 10.7. The zero-order valence-corrected chi connectivity index (χ0v) is 53.9. The van der Waals surface area contributed by atoms with Crippen LogP contribution in [0.4, 0.5) is 0 Å². The fraction of sp³-hybridized carbons (Fsp3) is 0.851. The van der Waals surface area contributed by atoms with Crippen LogP contribution in [0.3, 0.4) is 0 Å². The third-order valence-corrected chi connectivity index (χ3v) is 16.1. The maximum atomic E-state index is 12.9. The molecule has 0 aromatic heterocycles. The number of rotatable bonds is 66. The predicted octanol–water partition coefficient (Wildman–Crippen LogP) is 24.5. The molecule has 0 aliphatic rings. The molecule has 0 aliphatic carbocycles. The minimum atomic E-state index is -0.783. The summed E-state index contributed by atoms with van der Waals surface area (Å²) in [5.41, 5.74) is 0. The summed E-state index contributed by atoms with van der Waals surface area (Å²) in [7, 11) is 0. The number of allylic oxidation sites excluding steroid dienone is 8. The molecule has 0 spiro atoms. The van der Waals surface area contributed by atoms with Crippen molar-refractivity contribution in [3.05, 3.63) is 48.6 Å². The average Bonchev–Trinajstić information content (AvgIpc) is 3.46. The van der Waals surface area contributed by atoms with Crippen molar-refractivity contribution in [3.63, 3.8) is 0 Å². The molecule has 1 unspecified atom stereocenters. The summed E-state index contributed by atoms with van der Waals surface area (Å²) in [6.07, 6.45) is 87.1. The van der Waals surface area contributed by atoms with Crippen molar-refractivity contribution < 1.29 is 28.6 Å². The Hall–Kier alpha value is -2.63. The Bertz CT molecular complexity index is 1380. The second kappa shape index (κ2) is 68.9. The minimum Gasteiger partial charge on any atom is -0.462 e. The van der Waals surface area contributed by atoms with E-state index in [1.807, 2.05) is 0 Å². The van der Waals surface area contributed by atoms with E-state index in [0.717, 1.165) is 89.9 Å². The second-order valence-corrected chi connectivity index (χ2v) is 24.1. The number of hydrogen-bond donors (Lipinski definition) is 0. The quantitative estimate of drug-likeness (QED) is 0.0261. The van der Waals surface area contributed by atoms with Crippen LogP contribution in [0.25, 0.3) is 0 Å². The molecule has 0 heterocycles. The van der Waals surface area contributed by atoms with E-state index in [2.05, 4.69) is 69.4 Å². The molecule has 0 saturated carbocycles. The third kappa shape index (κ3) is 66.2. The molecule has 0 amide bonds. The van der Waals surface area contributed by atoms with Crippen molar-refractivity contribution in [1.29, 1.82) is 0 Å². The van der Waals surface area contributed by atoms with Crippen LogP contribution in [0.5, 0.6) is 0 Å². The molecule has 0 N–H and O–H groups in total. The number of esters is 3. The Morgan fingerprint density at radius 2 is 0.450 bits per heavy atom. The van der Waals surface area contributed by atoms with E-state index in [-0.39, 0.29) is 31.1 Å². The summed E-state index contributed by atoms with van der Waals surface area (Å²) < 4.78 is 17.0. The van der Waals surface area contributed by atoms with Gasteiger partial charge in [0.25, 0.3) is 0 Å². The molecule has 1 atom stereocenters. The Morgan fingerprint density at radius 3 is 0.700 bits per heavy atom. The first-order chi connectivity index (χ1) is 39.5. The van der Waals surface area contributed by atoms with Crippen LogP contribution in [-0.2, 0) is 28.6 Å². The van der Waals surface area contributed by atoms with Gasteiger partial charge in [-0.25, -0.2) is 0 Å². The van der Waals surface area contributed by atoms with Crippen LogP contribution in [-0.4, -0.2) is 37.2 Å². The Balaban J connectivity index is 4.25. The van der Waals surface area contributed by atoms with E-state index in [1.54, 1.807) is 0 Å². The van der Waals surface area contributed by atoms with Gasteiger partial charge >= 0.3 is 17.9 Å². The fourth-order valence-corrected chi connectivity index (χ4v) is 10.7. The van der Waals surface area contributed by atoms with Gasteiger partial charge in [0.1, 0.15) is 13.2 Å². The summed E-state index contributed by atoms with van der Waals surface area (Å²) in [6, 6.07) is 0. The monoisotopic (exact) mass is 1120 g/mol. The highest BCUT2D eigenvalue weighted by Crippen LogP contribution is 2.18. The van der Waals surface area contributed by atoms with Gasteiger partial charge in [0.2, 0.25) is 0 Å². The SMILES string of the molecule is CCCCCC/C=C\C/C=C\CCCCCCCCCC(=O)OC(COC(=O)CCCCCCC/C=C\C/C=C\CCCCCC)COC(=O)CCCCCCCCCCCCCCCCCCCCCCCCCCCCCC. The minimum absolute atomic E-state index is 0.0772. The maximum absolute atomic E-state index is 12.9. The lowest BCUT2D eigenvalue weighted by molar-refractivity contribution is -0.167. The van der Waals surface area contributed by atoms with E-state index >= 15 is 0 Å². The van der Waals surface area contributed by atoms with Crippen LogP contribution in [0.1, 0.15) is 387 Å². The zero-order chi connectivity index (χ0) is 57.8. The summed E-state index contributed by atoms with van der Waals surface area (Å²) >= 11 is 0. The molecule has 0 aromatic rings. The molecule has 80 heavy (non-hydrogen) atoms. The Morgan fingerprint density at radius 1 is 0.250 bits per heavy atom. The van der Waals surface area contributed by atoms with Gasteiger partial charge in [0, 0.05) is 19.3 Å². The zero-order valence-electron chi connectivity index (χ0n) is 53.9.